The van der Waals surface area contributed by atoms with Crippen molar-refractivity contribution in [2.75, 3.05) is 0 Å². The molecule has 5 nitrogen and oxygen atoms in total. The van der Waals surface area contributed by atoms with Crippen molar-refractivity contribution < 1.29 is 8.98 Å². The molecule has 5 heterocycles. The van der Waals surface area contributed by atoms with Crippen molar-refractivity contribution in [3.63, 3.8) is 0 Å². The average molecular weight is 249 g/mol. The Labute approximate surface area is 107 Å². The molecule has 0 saturated heterocycles. The molecular formula is C14H9N4O+. The zero-order valence-corrected chi connectivity index (χ0v) is 9.95. The standard InChI is InChI=1S/C14H9N4O/c1-2-10-6-12-14(18(10)16-4-1)19-13-11-3-5-15-7-9(11)8-17(12)13/h1-7H,8H2/q+1. The summed E-state index contributed by atoms with van der Waals surface area (Å²) in [4.78, 5) is 4.17. The van der Waals surface area contributed by atoms with Crippen LogP contribution in [0.3, 0.4) is 0 Å². The maximum Gasteiger partial charge on any atom is 0.383 e. The number of rotatable bonds is 0. The fourth-order valence-corrected chi connectivity index (χ4v) is 2.81. The Morgan fingerprint density at radius 1 is 1.26 bits per heavy atom. The highest BCUT2D eigenvalue weighted by Gasteiger charge is 2.35. The maximum atomic E-state index is 6.03. The summed E-state index contributed by atoms with van der Waals surface area (Å²) in [6, 6.07) is 8.06. The molecule has 1 aliphatic heterocycles. The van der Waals surface area contributed by atoms with Gasteiger partial charge in [0.1, 0.15) is 0 Å². The monoisotopic (exact) mass is 249 g/mol. The predicted molar refractivity (Wildman–Crippen MR) is 67.5 cm³/mol. The molecule has 0 radical (unpaired) electrons. The molecule has 0 N–H and O–H groups in total. The van der Waals surface area contributed by atoms with Gasteiger partial charge in [0, 0.05) is 24.7 Å². The van der Waals surface area contributed by atoms with Crippen LogP contribution in [0.2, 0.25) is 0 Å². The smallest absolute Gasteiger partial charge is 0.378 e. The van der Waals surface area contributed by atoms with Gasteiger partial charge in [0.2, 0.25) is 0 Å². The SMILES string of the molecule is c1cnn2c(c1)cc1c2oc2[n+]1Cc1cnccc1-2. The van der Waals surface area contributed by atoms with Crippen LogP contribution in [0.5, 0.6) is 0 Å². The first-order valence-corrected chi connectivity index (χ1v) is 6.14. The zero-order chi connectivity index (χ0) is 12.4. The minimum atomic E-state index is 0.799. The lowest BCUT2D eigenvalue weighted by molar-refractivity contribution is -0.649. The minimum absolute atomic E-state index is 0.799. The van der Waals surface area contributed by atoms with Gasteiger partial charge in [-0.15, -0.1) is 0 Å². The Balaban J connectivity index is 1.93. The molecule has 0 aromatic carbocycles. The van der Waals surface area contributed by atoms with E-state index in [2.05, 4.69) is 20.7 Å². The quantitative estimate of drug-likeness (QED) is 0.393. The predicted octanol–water partition coefficient (Wildman–Crippen LogP) is 1.79. The van der Waals surface area contributed by atoms with Crippen LogP contribution in [0.15, 0.2) is 47.3 Å². The molecule has 0 saturated carbocycles. The molecule has 0 atom stereocenters. The second-order valence-corrected chi connectivity index (χ2v) is 4.72. The Bertz CT molecular complexity index is 951. The highest BCUT2D eigenvalue weighted by molar-refractivity contribution is 5.78. The third kappa shape index (κ3) is 1.03. The Morgan fingerprint density at radius 3 is 3.26 bits per heavy atom. The third-order valence-corrected chi connectivity index (χ3v) is 3.67. The van der Waals surface area contributed by atoms with Crippen molar-refractivity contribution in [2.45, 2.75) is 6.54 Å². The number of hydrogen-bond acceptors (Lipinski definition) is 3. The van der Waals surface area contributed by atoms with Crippen molar-refractivity contribution >= 4 is 16.7 Å². The van der Waals surface area contributed by atoms with E-state index in [1.807, 2.05) is 28.9 Å². The van der Waals surface area contributed by atoms with E-state index in [0.717, 1.165) is 34.7 Å². The van der Waals surface area contributed by atoms with Gasteiger partial charge in [-0.05, 0) is 18.2 Å². The van der Waals surface area contributed by atoms with Gasteiger partial charge in [-0.25, -0.2) is 0 Å². The van der Waals surface area contributed by atoms with E-state index >= 15 is 0 Å². The lowest BCUT2D eigenvalue weighted by Gasteiger charge is -1.90. The summed E-state index contributed by atoms with van der Waals surface area (Å²) in [6.07, 6.45) is 5.46. The number of pyridine rings is 1. The van der Waals surface area contributed by atoms with Crippen molar-refractivity contribution in [1.82, 2.24) is 14.6 Å². The molecule has 5 heteroatoms. The van der Waals surface area contributed by atoms with Crippen molar-refractivity contribution in [3.05, 3.63) is 48.4 Å². The highest BCUT2D eigenvalue weighted by atomic mass is 16.4. The third-order valence-electron chi connectivity index (χ3n) is 3.67. The Hall–Kier alpha value is -2.69. The summed E-state index contributed by atoms with van der Waals surface area (Å²) in [5.41, 5.74) is 5.24. The van der Waals surface area contributed by atoms with Crippen LogP contribution >= 0.6 is 0 Å². The van der Waals surface area contributed by atoms with Crippen LogP contribution in [0, 0.1) is 0 Å². The second kappa shape index (κ2) is 3.00. The number of aromatic nitrogens is 4. The first-order valence-electron chi connectivity index (χ1n) is 6.14. The highest BCUT2D eigenvalue weighted by Crippen LogP contribution is 2.31. The van der Waals surface area contributed by atoms with Crippen molar-refractivity contribution in [3.8, 4) is 11.5 Å². The molecule has 4 aromatic heterocycles. The van der Waals surface area contributed by atoms with Gasteiger partial charge in [-0.1, -0.05) is 0 Å². The minimum Gasteiger partial charge on any atom is -0.378 e. The summed E-state index contributed by atoms with van der Waals surface area (Å²) in [7, 11) is 0. The molecular weight excluding hydrogens is 240 g/mol. The second-order valence-electron chi connectivity index (χ2n) is 4.72. The van der Waals surface area contributed by atoms with E-state index in [1.54, 1.807) is 12.4 Å². The summed E-state index contributed by atoms with van der Waals surface area (Å²) < 4.78 is 10.0. The van der Waals surface area contributed by atoms with E-state index < -0.39 is 0 Å². The van der Waals surface area contributed by atoms with Gasteiger partial charge in [-0.2, -0.15) is 14.2 Å². The average Bonchev–Trinajstić information content (AvgIpc) is 3.07. The summed E-state index contributed by atoms with van der Waals surface area (Å²) in [6.45, 7) is 0.808. The number of fused-ring (bicyclic) bond motifs is 7. The largest absolute Gasteiger partial charge is 0.383 e. The van der Waals surface area contributed by atoms with Crippen molar-refractivity contribution in [2.24, 2.45) is 0 Å². The normalized spacial score (nSPS) is 13.1. The Kier molecular flexibility index (Phi) is 1.46. The molecule has 0 unspecified atom stereocenters. The van der Waals surface area contributed by atoms with E-state index in [-0.39, 0.29) is 0 Å². The number of hydrogen-bond donors (Lipinski definition) is 0. The molecule has 0 spiro atoms. The van der Waals surface area contributed by atoms with Crippen LogP contribution in [0.25, 0.3) is 28.2 Å². The van der Waals surface area contributed by atoms with E-state index in [0.29, 0.717) is 0 Å². The van der Waals surface area contributed by atoms with Crippen LogP contribution < -0.4 is 4.57 Å². The van der Waals surface area contributed by atoms with Gasteiger partial charge < -0.3 is 4.42 Å². The van der Waals surface area contributed by atoms with Gasteiger partial charge in [0.05, 0.1) is 16.6 Å². The summed E-state index contributed by atoms with van der Waals surface area (Å²) >= 11 is 0. The number of nitrogens with zero attached hydrogens (tertiary/aromatic N) is 4. The van der Waals surface area contributed by atoms with Crippen molar-refractivity contribution in [1.29, 1.82) is 0 Å². The summed E-state index contributed by atoms with van der Waals surface area (Å²) in [5, 5.41) is 4.34. The molecule has 0 amide bonds. The van der Waals surface area contributed by atoms with Gasteiger partial charge in [-0.3, -0.25) is 4.98 Å². The molecule has 4 aromatic rings. The topological polar surface area (TPSA) is 47.2 Å². The molecule has 5 rings (SSSR count). The Morgan fingerprint density at radius 2 is 2.26 bits per heavy atom. The van der Waals surface area contributed by atoms with Gasteiger partial charge in [0.15, 0.2) is 6.54 Å². The lowest BCUT2D eigenvalue weighted by atomic mass is 10.2. The zero-order valence-electron chi connectivity index (χ0n) is 9.95. The molecule has 19 heavy (non-hydrogen) atoms. The molecule has 0 fully saturated rings. The molecule has 1 aliphatic rings. The van der Waals surface area contributed by atoms with Crippen LogP contribution in [0.1, 0.15) is 5.56 Å². The molecule has 0 aliphatic carbocycles. The molecule has 90 valence electrons. The van der Waals surface area contributed by atoms with E-state index in [1.165, 1.54) is 5.56 Å². The fourth-order valence-electron chi connectivity index (χ4n) is 2.81. The van der Waals surface area contributed by atoms with E-state index in [4.69, 9.17) is 4.42 Å². The van der Waals surface area contributed by atoms with Gasteiger partial charge >= 0.3 is 5.89 Å². The fraction of sp³-hybridized carbons (Fsp3) is 0.0714. The summed E-state index contributed by atoms with van der Waals surface area (Å²) in [5.74, 6) is 0.891. The van der Waals surface area contributed by atoms with E-state index in [9.17, 15) is 0 Å². The first-order chi connectivity index (χ1) is 9.42. The number of oxazole rings is 1. The van der Waals surface area contributed by atoms with Crippen LogP contribution in [0.4, 0.5) is 0 Å². The van der Waals surface area contributed by atoms with Gasteiger partial charge in [0.25, 0.3) is 11.2 Å². The maximum absolute atomic E-state index is 6.03. The van der Waals surface area contributed by atoms with Crippen LogP contribution in [-0.4, -0.2) is 14.6 Å². The lowest BCUT2D eigenvalue weighted by Crippen LogP contribution is -2.30. The first kappa shape index (κ1) is 9.27. The molecule has 0 bridgehead atoms. The van der Waals surface area contributed by atoms with Crippen LogP contribution in [-0.2, 0) is 6.54 Å².